The van der Waals surface area contributed by atoms with Gasteiger partial charge >= 0.3 is 0 Å². The first-order valence-corrected chi connectivity index (χ1v) is 8.31. The molecule has 0 atom stereocenters. The highest BCUT2D eigenvalue weighted by Gasteiger charge is 2.22. The van der Waals surface area contributed by atoms with Crippen molar-refractivity contribution in [3.63, 3.8) is 0 Å². The predicted molar refractivity (Wildman–Crippen MR) is 93.9 cm³/mol. The Morgan fingerprint density at radius 2 is 1.84 bits per heavy atom. The van der Waals surface area contributed by atoms with Crippen molar-refractivity contribution in [3.8, 4) is 17.0 Å². The van der Waals surface area contributed by atoms with E-state index in [1.165, 1.54) is 12.1 Å². The molecule has 4 rings (SSSR count). The van der Waals surface area contributed by atoms with Crippen LogP contribution >= 0.6 is 0 Å². The van der Waals surface area contributed by atoms with Crippen molar-refractivity contribution in [3.05, 3.63) is 59.9 Å². The number of hydrogen-bond donors (Lipinski definition) is 1. The molecule has 25 heavy (non-hydrogen) atoms. The summed E-state index contributed by atoms with van der Waals surface area (Å²) in [5, 5.41) is 10.2. The molecule has 2 aromatic carbocycles. The van der Waals surface area contributed by atoms with E-state index in [-0.39, 0.29) is 5.91 Å². The summed E-state index contributed by atoms with van der Waals surface area (Å²) in [5.74, 6) is -1.13. The largest absolute Gasteiger partial charge is 0.505 e. The summed E-state index contributed by atoms with van der Waals surface area (Å²) < 4.78 is 13.7. The molecule has 1 aliphatic rings. The summed E-state index contributed by atoms with van der Waals surface area (Å²) in [7, 11) is 0. The standard InChI is InChI=1S/C20H17FN2O2/c21-16-11-13(7-8-19(16)24)18-12-15(20(25)23-9-3-4-10-23)14-5-1-2-6-17(14)22-18/h1-2,5-8,11-12,24H,3-4,9-10H2. The van der Waals surface area contributed by atoms with E-state index in [0.29, 0.717) is 22.3 Å². The van der Waals surface area contributed by atoms with Crippen molar-refractivity contribution in [1.29, 1.82) is 0 Å². The van der Waals surface area contributed by atoms with Crippen molar-refractivity contribution in [2.24, 2.45) is 0 Å². The Bertz CT molecular complexity index is 965. The summed E-state index contributed by atoms with van der Waals surface area (Å²) in [6.45, 7) is 1.53. The predicted octanol–water partition coefficient (Wildman–Crippen LogP) is 3.98. The zero-order valence-electron chi connectivity index (χ0n) is 13.6. The number of aromatic hydroxyl groups is 1. The fourth-order valence-electron chi connectivity index (χ4n) is 3.26. The average Bonchev–Trinajstić information content (AvgIpc) is 3.17. The second-order valence-electron chi connectivity index (χ2n) is 6.24. The molecule has 126 valence electrons. The van der Waals surface area contributed by atoms with Crippen LogP contribution < -0.4 is 0 Å². The highest BCUT2D eigenvalue weighted by molar-refractivity contribution is 6.07. The monoisotopic (exact) mass is 336 g/mol. The number of aromatic nitrogens is 1. The van der Waals surface area contributed by atoms with Gasteiger partial charge in [0.2, 0.25) is 0 Å². The Balaban J connectivity index is 1.88. The van der Waals surface area contributed by atoms with E-state index < -0.39 is 11.6 Å². The lowest BCUT2D eigenvalue weighted by molar-refractivity contribution is 0.0794. The summed E-state index contributed by atoms with van der Waals surface area (Å²) >= 11 is 0. The minimum Gasteiger partial charge on any atom is -0.505 e. The molecule has 3 aromatic rings. The zero-order chi connectivity index (χ0) is 17.4. The molecular formula is C20H17FN2O2. The normalized spacial score (nSPS) is 14.2. The smallest absolute Gasteiger partial charge is 0.254 e. The minimum atomic E-state index is -0.708. The van der Waals surface area contributed by atoms with Gasteiger partial charge in [-0.25, -0.2) is 9.37 Å². The van der Waals surface area contributed by atoms with Gasteiger partial charge in [-0.2, -0.15) is 0 Å². The van der Waals surface area contributed by atoms with Gasteiger partial charge in [-0.1, -0.05) is 18.2 Å². The fraction of sp³-hybridized carbons (Fsp3) is 0.200. The number of benzene rings is 2. The van der Waals surface area contributed by atoms with Gasteiger partial charge in [0.15, 0.2) is 11.6 Å². The average molecular weight is 336 g/mol. The number of carbonyl (C=O) groups is 1. The number of rotatable bonds is 2. The first-order chi connectivity index (χ1) is 12.1. The van der Waals surface area contributed by atoms with Gasteiger partial charge in [0.05, 0.1) is 16.8 Å². The number of likely N-dealkylation sites (tertiary alicyclic amines) is 1. The third-order valence-corrected chi connectivity index (χ3v) is 4.58. The molecule has 0 aliphatic carbocycles. The van der Waals surface area contributed by atoms with E-state index >= 15 is 0 Å². The summed E-state index contributed by atoms with van der Waals surface area (Å²) in [6.07, 6.45) is 2.04. The molecule has 5 heteroatoms. The molecule has 1 N–H and O–H groups in total. The highest BCUT2D eigenvalue weighted by Crippen LogP contribution is 2.29. The molecule has 4 nitrogen and oxygen atoms in total. The Morgan fingerprint density at radius 3 is 2.60 bits per heavy atom. The Kier molecular flexibility index (Phi) is 3.84. The maximum Gasteiger partial charge on any atom is 0.254 e. The molecule has 0 bridgehead atoms. The number of pyridine rings is 1. The van der Waals surface area contributed by atoms with Gasteiger partial charge in [-0.3, -0.25) is 4.79 Å². The fourth-order valence-corrected chi connectivity index (χ4v) is 3.26. The number of amides is 1. The van der Waals surface area contributed by atoms with Gasteiger partial charge < -0.3 is 10.0 Å². The second kappa shape index (κ2) is 6.16. The van der Waals surface area contributed by atoms with Gasteiger partial charge in [-0.05, 0) is 43.2 Å². The molecule has 0 radical (unpaired) electrons. The van der Waals surface area contributed by atoms with E-state index in [1.54, 1.807) is 12.1 Å². The number of nitrogens with zero attached hydrogens (tertiary/aromatic N) is 2. The van der Waals surface area contributed by atoms with Crippen molar-refractivity contribution in [2.45, 2.75) is 12.8 Å². The lowest BCUT2D eigenvalue weighted by Crippen LogP contribution is -2.27. The third-order valence-electron chi connectivity index (χ3n) is 4.58. The van der Waals surface area contributed by atoms with Crippen LogP contribution in [0, 0.1) is 5.82 Å². The number of fused-ring (bicyclic) bond motifs is 1. The molecule has 1 amide bonds. The van der Waals surface area contributed by atoms with Crippen LogP contribution in [0.15, 0.2) is 48.5 Å². The van der Waals surface area contributed by atoms with Crippen molar-refractivity contribution >= 4 is 16.8 Å². The molecule has 1 fully saturated rings. The molecule has 1 aliphatic heterocycles. The number of halogens is 1. The van der Waals surface area contributed by atoms with Gasteiger partial charge in [0.25, 0.3) is 5.91 Å². The van der Waals surface area contributed by atoms with Crippen molar-refractivity contribution in [1.82, 2.24) is 9.88 Å². The maximum atomic E-state index is 13.7. The van der Waals surface area contributed by atoms with Gasteiger partial charge in [0.1, 0.15) is 0 Å². The summed E-state index contributed by atoms with van der Waals surface area (Å²) in [6, 6.07) is 13.3. The van der Waals surface area contributed by atoms with Crippen LogP contribution in [0.4, 0.5) is 4.39 Å². The van der Waals surface area contributed by atoms with Crippen molar-refractivity contribution in [2.75, 3.05) is 13.1 Å². The lowest BCUT2D eigenvalue weighted by Gasteiger charge is -2.17. The number of para-hydroxylation sites is 1. The molecule has 2 heterocycles. The topological polar surface area (TPSA) is 53.4 Å². The zero-order valence-corrected chi connectivity index (χ0v) is 13.6. The van der Waals surface area contributed by atoms with E-state index in [0.717, 1.165) is 31.3 Å². The number of carbonyl (C=O) groups excluding carboxylic acids is 1. The molecule has 0 spiro atoms. The van der Waals surface area contributed by atoms with Crippen LogP contribution in [-0.4, -0.2) is 34.0 Å². The highest BCUT2D eigenvalue weighted by atomic mass is 19.1. The van der Waals surface area contributed by atoms with E-state index in [4.69, 9.17) is 0 Å². The molecule has 0 unspecified atom stereocenters. The van der Waals surface area contributed by atoms with E-state index in [9.17, 15) is 14.3 Å². The lowest BCUT2D eigenvalue weighted by atomic mass is 10.0. The first-order valence-electron chi connectivity index (χ1n) is 8.31. The second-order valence-corrected chi connectivity index (χ2v) is 6.24. The Labute approximate surface area is 144 Å². The van der Waals surface area contributed by atoms with Crippen LogP contribution in [0.1, 0.15) is 23.2 Å². The van der Waals surface area contributed by atoms with Gasteiger partial charge in [0, 0.05) is 24.0 Å². The van der Waals surface area contributed by atoms with E-state index in [1.807, 2.05) is 29.2 Å². The molecule has 1 aromatic heterocycles. The molecule has 0 saturated carbocycles. The van der Waals surface area contributed by atoms with Crippen LogP contribution in [0.3, 0.4) is 0 Å². The minimum absolute atomic E-state index is 0.0170. The van der Waals surface area contributed by atoms with Crippen LogP contribution in [0.5, 0.6) is 5.75 Å². The summed E-state index contributed by atoms with van der Waals surface area (Å²) in [4.78, 5) is 19.4. The van der Waals surface area contributed by atoms with E-state index in [2.05, 4.69) is 4.98 Å². The van der Waals surface area contributed by atoms with Crippen LogP contribution in [-0.2, 0) is 0 Å². The third kappa shape index (κ3) is 2.82. The Hall–Kier alpha value is -2.95. The van der Waals surface area contributed by atoms with Crippen LogP contribution in [0.25, 0.3) is 22.2 Å². The number of phenols is 1. The SMILES string of the molecule is O=C(c1cc(-c2ccc(O)c(F)c2)nc2ccccc12)N1CCCC1. The van der Waals surface area contributed by atoms with Crippen LogP contribution in [0.2, 0.25) is 0 Å². The summed E-state index contributed by atoms with van der Waals surface area (Å²) in [5.41, 5.74) is 2.31. The molecule has 1 saturated heterocycles. The van der Waals surface area contributed by atoms with Crippen molar-refractivity contribution < 1.29 is 14.3 Å². The van der Waals surface area contributed by atoms with Gasteiger partial charge in [-0.15, -0.1) is 0 Å². The maximum absolute atomic E-state index is 13.7. The Morgan fingerprint density at radius 1 is 1.08 bits per heavy atom. The number of hydrogen-bond acceptors (Lipinski definition) is 3. The quantitative estimate of drug-likeness (QED) is 0.770. The first kappa shape index (κ1) is 15.6. The molecular weight excluding hydrogens is 319 g/mol. The number of phenolic OH excluding ortho intramolecular Hbond substituents is 1.